The minimum Gasteiger partial charge on any atom is -0.382 e. The zero-order valence-electron chi connectivity index (χ0n) is 6.68. The van der Waals surface area contributed by atoms with Crippen LogP contribution in [0.5, 0.6) is 0 Å². The Kier molecular flexibility index (Phi) is 2.07. The number of nitrogens with one attached hydrogen (secondary N) is 1. The van der Waals surface area contributed by atoms with Crippen LogP contribution in [0.15, 0.2) is 22.7 Å². The lowest BCUT2D eigenvalue weighted by Crippen LogP contribution is -2.35. The number of hydrogen-bond donors (Lipinski definition) is 2. The monoisotopic (exact) mass is 226 g/mol. The average molecular weight is 227 g/mol. The third-order valence-corrected chi connectivity index (χ3v) is 2.78. The number of halogens is 1. The van der Waals surface area contributed by atoms with Crippen LogP contribution in [-0.4, -0.2) is 12.6 Å². The molecule has 1 aromatic rings. The summed E-state index contributed by atoms with van der Waals surface area (Å²) in [7, 11) is 0. The molecule has 0 spiro atoms. The molecule has 0 amide bonds. The van der Waals surface area contributed by atoms with Crippen molar-refractivity contribution in [2.24, 2.45) is 5.73 Å². The predicted octanol–water partition coefficient (Wildman–Crippen LogP) is 1.74. The summed E-state index contributed by atoms with van der Waals surface area (Å²) in [4.78, 5) is 0. The van der Waals surface area contributed by atoms with E-state index >= 15 is 0 Å². The first-order chi connectivity index (χ1) is 5.77. The van der Waals surface area contributed by atoms with E-state index in [1.807, 2.05) is 12.1 Å². The van der Waals surface area contributed by atoms with Crippen molar-refractivity contribution in [1.82, 2.24) is 0 Å². The summed E-state index contributed by atoms with van der Waals surface area (Å²) in [5.74, 6) is 0. The molecule has 0 radical (unpaired) electrons. The maximum absolute atomic E-state index is 5.82. The van der Waals surface area contributed by atoms with Crippen LogP contribution in [0.1, 0.15) is 5.56 Å². The maximum atomic E-state index is 5.82. The Hall–Kier alpha value is -0.540. The second-order valence-corrected chi connectivity index (χ2v) is 3.97. The maximum Gasteiger partial charge on any atom is 0.0518 e. The fraction of sp³-hybridized carbons (Fsp3) is 0.333. The normalized spacial score (nSPS) is 21.3. The largest absolute Gasteiger partial charge is 0.382 e. The van der Waals surface area contributed by atoms with Crippen molar-refractivity contribution in [3.05, 3.63) is 28.2 Å². The van der Waals surface area contributed by atoms with Gasteiger partial charge in [-0.2, -0.15) is 0 Å². The lowest BCUT2D eigenvalue weighted by atomic mass is 10.0. The van der Waals surface area contributed by atoms with Crippen molar-refractivity contribution < 1.29 is 0 Å². The Morgan fingerprint density at radius 2 is 2.33 bits per heavy atom. The number of hydrogen-bond acceptors (Lipinski definition) is 2. The van der Waals surface area contributed by atoms with Crippen molar-refractivity contribution in [1.29, 1.82) is 0 Å². The van der Waals surface area contributed by atoms with Gasteiger partial charge in [0.05, 0.1) is 5.69 Å². The molecular formula is C9H11BrN2. The highest BCUT2D eigenvalue weighted by atomic mass is 79.9. The van der Waals surface area contributed by atoms with E-state index in [4.69, 9.17) is 5.73 Å². The summed E-state index contributed by atoms with van der Waals surface area (Å²) in [6.45, 7) is 0.871. The summed E-state index contributed by atoms with van der Waals surface area (Å²) in [6, 6.07) is 6.46. The minimum absolute atomic E-state index is 0.256. The van der Waals surface area contributed by atoms with Gasteiger partial charge in [0.15, 0.2) is 0 Å². The Balaban J connectivity index is 2.42. The molecule has 12 heavy (non-hydrogen) atoms. The van der Waals surface area contributed by atoms with E-state index in [-0.39, 0.29) is 6.04 Å². The van der Waals surface area contributed by atoms with Gasteiger partial charge in [0, 0.05) is 17.1 Å². The number of benzene rings is 1. The molecule has 3 heteroatoms. The molecule has 2 nitrogen and oxygen atoms in total. The van der Waals surface area contributed by atoms with Gasteiger partial charge in [0.25, 0.3) is 0 Å². The highest BCUT2D eigenvalue weighted by Crippen LogP contribution is 2.29. The number of fused-ring (bicyclic) bond motifs is 1. The smallest absolute Gasteiger partial charge is 0.0518 e. The van der Waals surface area contributed by atoms with E-state index in [2.05, 4.69) is 27.3 Å². The minimum atomic E-state index is 0.256. The molecule has 1 aliphatic heterocycles. The van der Waals surface area contributed by atoms with Crippen LogP contribution >= 0.6 is 15.9 Å². The lowest BCUT2D eigenvalue weighted by Gasteiger charge is -2.23. The molecule has 0 aliphatic carbocycles. The summed E-state index contributed by atoms with van der Waals surface area (Å²) in [6.07, 6.45) is 0.974. The third kappa shape index (κ3) is 1.34. The number of rotatable bonds is 0. The SMILES string of the molecule is N[C@H]1CNc2c(Br)cccc2C1. The molecular weight excluding hydrogens is 216 g/mol. The van der Waals surface area contributed by atoms with Crippen molar-refractivity contribution >= 4 is 21.6 Å². The van der Waals surface area contributed by atoms with E-state index in [0.717, 1.165) is 17.4 Å². The molecule has 0 aromatic heterocycles. The number of para-hydroxylation sites is 1. The van der Waals surface area contributed by atoms with Gasteiger partial charge in [-0.05, 0) is 34.0 Å². The summed E-state index contributed by atoms with van der Waals surface area (Å²) in [5.41, 5.74) is 8.34. The second-order valence-electron chi connectivity index (χ2n) is 3.12. The van der Waals surface area contributed by atoms with Gasteiger partial charge < -0.3 is 11.1 Å². The van der Waals surface area contributed by atoms with Crippen LogP contribution in [0.4, 0.5) is 5.69 Å². The predicted molar refractivity (Wildman–Crippen MR) is 54.3 cm³/mol. The van der Waals surface area contributed by atoms with Crippen molar-refractivity contribution in [2.45, 2.75) is 12.5 Å². The molecule has 0 bridgehead atoms. The van der Waals surface area contributed by atoms with Crippen molar-refractivity contribution in [2.75, 3.05) is 11.9 Å². The molecule has 0 saturated carbocycles. The van der Waals surface area contributed by atoms with Crippen molar-refractivity contribution in [3.8, 4) is 0 Å². The molecule has 1 aliphatic rings. The summed E-state index contributed by atoms with van der Waals surface area (Å²) < 4.78 is 1.13. The zero-order chi connectivity index (χ0) is 8.55. The quantitative estimate of drug-likeness (QED) is 0.708. The van der Waals surface area contributed by atoms with E-state index in [1.165, 1.54) is 11.3 Å². The molecule has 2 rings (SSSR count). The zero-order valence-corrected chi connectivity index (χ0v) is 8.26. The lowest BCUT2D eigenvalue weighted by molar-refractivity contribution is 0.679. The third-order valence-electron chi connectivity index (χ3n) is 2.12. The van der Waals surface area contributed by atoms with Crippen molar-refractivity contribution in [3.63, 3.8) is 0 Å². The average Bonchev–Trinajstić information content (AvgIpc) is 2.04. The first kappa shape index (κ1) is 8.08. The molecule has 0 fully saturated rings. The summed E-state index contributed by atoms with van der Waals surface area (Å²) in [5, 5.41) is 3.31. The Labute approximate surface area is 80.3 Å². The fourth-order valence-electron chi connectivity index (χ4n) is 1.52. The number of anilines is 1. The standard InChI is InChI=1S/C9H11BrN2/c10-8-3-1-2-6-4-7(11)5-12-9(6)8/h1-3,7,12H,4-5,11H2/t7-/m1/s1. The van der Waals surface area contributed by atoms with Crippen LogP contribution < -0.4 is 11.1 Å². The van der Waals surface area contributed by atoms with Gasteiger partial charge in [-0.1, -0.05) is 12.1 Å². The first-order valence-electron chi connectivity index (χ1n) is 4.04. The van der Waals surface area contributed by atoms with Crippen LogP contribution in [0.2, 0.25) is 0 Å². The Morgan fingerprint density at radius 3 is 3.17 bits per heavy atom. The first-order valence-corrected chi connectivity index (χ1v) is 4.83. The molecule has 0 saturated heterocycles. The Morgan fingerprint density at radius 1 is 1.50 bits per heavy atom. The van der Waals surface area contributed by atoms with Gasteiger partial charge >= 0.3 is 0 Å². The number of nitrogens with two attached hydrogens (primary N) is 1. The second kappa shape index (κ2) is 3.07. The molecule has 3 N–H and O–H groups in total. The van der Waals surface area contributed by atoms with Crippen LogP contribution in [-0.2, 0) is 6.42 Å². The van der Waals surface area contributed by atoms with E-state index in [1.54, 1.807) is 0 Å². The summed E-state index contributed by atoms with van der Waals surface area (Å²) >= 11 is 3.50. The van der Waals surface area contributed by atoms with Crippen LogP contribution in [0, 0.1) is 0 Å². The van der Waals surface area contributed by atoms with Gasteiger partial charge in [-0.3, -0.25) is 0 Å². The molecule has 1 heterocycles. The van der Waals surface area contributed by atoms with Crippen LogP contribution in [0.25, 0.3) is 0 Å². The van der Waals surface area contributed by atoms with E-state index in [0.29, 0.717) is 0 Å². The molecule has 1 atom stereocenters. The van der Waals surface area contributed by atoms with E-state index in [9.17, 15) is 0 Å². The highest BCUT2D eigenvalue weighted by Gasteiger charge is 2.15. The van der Waals surface area contributed by atoms with Crippen LogP contribution in [0.3, 0.4) is 0 Å². The molecule has 1 aromatic carbocycles. The van der Waals surface area contributed by atoms with Gasteiger partial charge in [0.1, 0.15) is 0 Å². The molecule has 64 valence electrons. The van der Waals surface area contributed by atoms with Gasteiger partial charge in [0.2, 0.25) is 0 Å². The molecule has 0 unspecified atom stereocenters. The van der Waals surface area contributed by atoms with Gasteiger partial charge in [-0.25, -0.2) is 0 Å². The topological polar surface area (TPSA) is 38.0 Å². The fourth-order valence-corrected chi connectivity index (χ4v) is 2.07. The highest BCUT2D eigenvalue weighted by molar-refractivity contribution is 9.10. The Bertz CT molecular complexity index is 299. The van der Waals surface area contributed by atoms with Gasteiger partial charge in [-0.15, -0.1) is 0 Å². The van der Waals surface area contributed by atoms with E-state index < -0.39 is 0 Å².